The lowest BCUT2D eigenvalue weighted by molar-refractivity contribution is 0.0934. The van der Waals surface area contributed by atoms with Crippen molar-refractivity contribution in [3.8, 4) is 5.75 Å². The minimum absolute atomic E-state index is 0.00299. The topological polar surface area (TPSA) is 53.6 Å². The van der Waals surface area contributed by atoms with Crippen LogP contribution in [0, 0.1) is 0 Å². The van der Waals surface area contributed by atoms with Crippen LogP contribution in [0.4, 0.5) is 5.00 Å². The number of amides is 1. The summed E-state index contributed by atoms with van der Waals surface area (Å²) >= 11 is 5.22. The van der Waals surface area contributed by atoms with E-state index in [9.17, 15) is 4.79 Å². The van der Waals surface area contributed by atoms with Crippen molar-refractivity contribution in [2.45, 2.75) is 26.1 Å². The molecule has 1 atom stereocenters. The summed E-state index contributed by atoms with van der Waals surface area (Å²) in [6, 6.07) is 5.88. The average molecular weight is 422 g/mol. The number of thiophene rings is 1. The quantitative estimate of drug-likeness (QED) is 0.791. The molecule has 0 spiro atoms. The predicted octanol–water partition coefficient (Wildman–Crippen LogP) is 3.75. The summed E-state index contributed by atoms with van der Waals surface area (Å²) in [5.74, 6) is 0.788. The molecule has 1 aromatic carbocycles. The normalized spacial score (nSPS) is 19.6. The maximum Gasteiger partial charge on any atom is 0.256 e. The summed E-state index contributed by atoms with van der Waals surface area (Å²) in [5, 5.41) is 7.58. The number of nitrogens with zero attached hydrogens (tertiary/aromatic N) is 1. The van der Waals surface area contributed by atoms with Gasteiger partial charge in [0.15, 0.2) is 0 Å². The fourth-order valence-corrected chi connectivity index (χ4v) is 5.16. The number of hydrogen-bond donors (Lipinski definition) is 2. The molecular weight excluding hydrogens is 402 g/mol. The fraction of sp³-hybridized carbons (Fsp3) is 0.389. The Hall–Kier alpha value is -1.57. The zero-order valence-electron chi connectivity index (χ0n) is 14.2. The van der Waals surface area contributed by atoms with Crippen LogP contribution in [0.2, 0.25) is 0 Å². The number of benzene rings is 1. The first-order chi connectivity index (χ1) is 12.1. The molecule has 0 bridgehead atoms. The second-order valence-corrected chi connectivity index (χ2v) is 8.38. The third kappa shape index (κ3) is 3.05. The molecule has 3 heterocycles. The SMILES string of the molecule is CCOc1ccc(Br)cc1[C@@H]1NC(=O)c2c(sc3c2CCN(C)C3)N1. The third-order valence-electron chi connectivity index (χ3n) is 4.61. The van der Waals surface area contributed by atoms with Crippen LogP contribution in [-0.2, 0) is 13.0 Å². The van der Waals surface area contributed by atoms with Gasteiger partial charge in [0.1, 0.15) is 16.9 Å². The number of hydrogen-bond acceptors (Lipinski definition) is 5. The number of rotatable bonds is 3. The molecule has 2 aromatic rings. The van der Waals surface area contributed by atoms with Gasteiger partial charge >= 0.3 is 0 Å². The van der Waals surface area contributed by atoms with Crippen molar-refractivity contribution in [2.75, 3.05) is 25.5 Å². The van der Waals surface area contributed by atoms with Gasteiger partial charge in [-0.2, -0.15) is 0 Å². The molecule has 4 rings (SSSR count). The zero-order valence-corrected chi connectivity index (χ0v) is 16.6. The van der Waals surface area contributed by atoms with Gasteiger partial charge in [-0.1, -0.05) is 15.9 Å². The lowest BCUT2D eigenvalue weighted by Crippen LogP contribution is -2.39. The average Bonchev–Trinajstić information content (AvgIpc) is 2.94. The van der Waals surface area contributed by atoms with E-state index in [0.717, 1.165) is 45.9 Å². The fourth-order valence-electron chi connectivity index (χ4n) is 3.43. The first-order valence-corrected chi connectivity index (χ1v) is 10.0. The molecule has 7 heteroatoms. The lowest BCUT2D eigenvalue weighted by atomic mass is 10.0. The van der Waals surface area contributed by atoms with Gasteiger partial charge in [-0.05, 0) is 44.2 Å². The number of anilines is 1. The Kier molecular flexibility index (Phi) is 4.47. The van der Waals surface area contributed by atoms with Gasteiger partial charge < -0.3 is 20.3 Å². The minimum Gasteiger partial charge on any atom is -0.493 e. The molecule has 1 amide bonds. The standard InChI is InChI=1S/C18H20BrN3O2S/c1-3-24-13-5-4-10(19)8-12(13)16-20-17(23)15-11-6-7-22(2)9-14(11)25-18(15)21-16/h4-5,8,16,21H,3,6-7,9H2,1-2H3,(H,20,23)/t16-/m1/s1. The Morgan fingerprint density at radius 3 is 3.04 bits per heavy atom. The van der Waals surface area contributed by atoms with E-state index >= 15 is 0 Å². The summed E-state index contributed by atoms with van der Waals surface area (Å²) < 4.78 is 6.71. The number of nitrogens with one attached hydrogen (secondary N) is 2. The summed E-state index contributed by atoms with van der Waals surface area (Å²) in [6.07, 6.45) is 0.635. The molecule has 25 heavy (non-hydrogen) atoms. The van der Waals surface area contributed by atoms with Gasteiger partial charge in [-0.25, -0.2) is 0 Å². The zero-order chi connectivity index (χ0) is 17.6. The van der Waals surface area contributed by atoms with Crippen LogP contribution in [-0.4, -0.2) is 31.0 Å². The first-order valence-electron chi connectivity index (χ1n) is 8.39. The van der Waals surface area contributed by atoms with E-state index < -0.39 is 0 Å². The van der Waals surface area contributed by atoms with E-state index in [1.54, 1.807) is 11.3 Å². The second kappa shape index (κ2) is 6.63. The van der Waals surface area contributed by atoms with E-state index in [1.165, 1.54) is 10.4 Å². The Morgan fingerprint density at radius 1 is 1.40 bits per heavy atom. The first kappa shape index (κ1) is 16.9. The van der Waals surface area contributed by atoms with Crippen LogP contribution in [0.5, 0.6) is 5.75 Å². The van der Waals surface area contributed by atoms with Crippen LogP contribution < -0.4 is 15.4 Å². The Morgan fingerprint density at radius 2 is 2.24 bits per heavy atom. The second-order valence-electron chi connectivity index (χ2n) is 6.36. The molecule has 2 N–H and O–H groups in total. The molecule has 0 saturated carbocycles. The van der Waals surface area contributed by atoms with Gasteiger partial charge in [0.25, 0.3) is 5.91 Å². The Labute approximate surface area is 159 Å². The van der Waals surface area contributed by atoms with Crippen molar-refractivity contribution in [3.05, 3.63) is 44.2 Å². The van der Waals surface area contributed by atoms with Crippen LogP contribution in [0.15, 0.2) is 22.7 Å². The van der Waals surface area contributed by atoms with Crippen molar-refractivity contribution >= 4 is 38.2 Å². The third-order valence-corrected chi connectivity index (χ3v) is 6.25. The molecule has 0 saturated heterocycles. The number of likely N-dealkylation sites (N-methyl/N-ethyl adjacent to an activating group) is 1. The van der Waals surface area contributed by atoms with Crippen LogP contribution in [0.1, 0.15) is 39.5 Å². The number of carbonyl (C=O) groups excluding carboxylic acids is 1. The summed E-state index contributed by atoms with van der Waals surface area (Å²) in [5.41, 5.74) is 2.97. The van der Waals surface area contributed by atoms with Crippen molar-refractivity contribution in [1.82, 2.24) is 10.2 Å². The molecule has 0 unspecified atom stereocenters. The maximum absolute atomic E-state index is 12.8. The van der Waals surface area contributed by atoms with E-state index in [0.29, 0.717) is 6.61 Å². The molecule has 132 valence electrons. The molecule has 1 aromatic heterocycles. The molecule has 2 aliphatic rings. The van der Waals surface area contributed by atoms with E-state index in [4.69, 9.17) is 4.74 Å². The summed E-state index contributed by atoms with van der Waals surface area (Å²) in [7, 11) is 2.12. The van der Waals surface area contributed by atoms with Gasteiger partial charge in [-0.3, -0.25) is 4.79 Å². The number of carbonyl (C=O) groups is 1. The van der Waals surface area contributed by atoms with Gasteiger partial charge in [0, 0.05) is 28.0 Å². The highest BCUT2D eigenvalue weighted by Gasteiger charge is 2.33. The minimum atomic E-state index is -0.295. The van der Waals surface area contributed by atoms with Gasteiger partial charge in [0.2, 0.25) is 0 Å². The van der Waals surface area contributed by atoms with Gasteiger partial charge in [0.05, 0.1) is 12.2 Å². The highest BCUT2D eigenvalue weighted by Crippen LogP contribution is 2.41. The number of fused-ring (bicyclic) bond motifs is 3. The van der Waals surface area contributed by atoms with Crippen molar-refractivity contribution in [2.24, 2.45) is 0 Å². The largest absolute Gasteiger partial charge is 0.493 e. The lowest BCUT2D eigenvalue weighted by Gasteiger charge is -2.28. The molecular formula is C18H20BrN3O2S. The molecule has 5 nitrogen and oxygen atoms in total. The van der Waals surface area contributed by atoms with Crippen LogP contribution in [0.25, 0.3) is 0 Å². The van der Waals surface area contributed by atoms with E-state index in [2.05, 4.69) is 38.5 Å². The van der Waals surface area contributed by atoms with E-state index in [1.807, 2.05) is 25.1 Å². The van der Waals surface area contributed by atoms with Crippen LogP contribution in [0.3, 0.4) is 0 Å². The number of ether oxygens (including phenoxy) is 1. The van der Waals surface area contributed by atoms with Crippen LogP contribution >= 0.6 is 27.3 Å². The summed E-state index contributed by atoms with van der Waals surface area (Å²) in [6.45, 7) is 4.45. The maximum atomic E-state index is 12.8. The van der Waals surface area contributed by atoms with Crippen molar-refractivity contribution in [3.63, 3.8) is 0 Å². The Bertz CT molecular complexity index is 836. The highest BCUT2D eigenvalue weighted by molar-refractivity contribution is 9.10. The highest BCUT2D eigenvalue weighted by atomic mass is 79.9. The summed E-state index contributed by atoms with van der Waals surface area (Å²) in [4.78, 5) is 16.4. The number of halogens is 1. The van der Waals surface area contributed by atoms with E-state index in [-0.39, 0.29) is 12.1 Å². The van der Waals surface area contributed by atoms with Gasteiger partial charge in [-0.15, -0.1) is 11.3 Å². The molecule has 2 aliphatic heterocycles. The van der Waals surface area contributed by atoms with Crippen molar-refractivity contribution in [1.29, 1.82) is 0 Å². The van der Waals surface area contributed by atoms with Crippen molar-refractivity contribution < 1.29 is 9.53 Å². The Balaban J connectivity index is 1.71. The molecule has 0 radical (unpaired) electrons. The molecule has 0 aliphatic carbocycles. The smallest absolute Gasteiger partial charge is 0.256 e. The molecule has 0 fully saturated rings. The monoisotopic (exact) mass is 421 g/mol. The predicted molar refractivity (Wildman–Crippen MR) is 103 cm³/mol.